The van der Waals surface area contributed by atoms with Gasteiger partial charge in [0.1, 0.15) is 0 Å². The van der Waals surface area contributed by atoms with E-state index in [1.54, 1.807) is 20.3 Å². The Kier molecular flexibility index (Phi) is 5.56. The molecular formula is C21H23NO4. The molecule has 0 radical (unpaired) electrons. The molecule has 3 rings (SSSR count). The Bertz CT molecular complexity index is 829. The van der Waals surface area contributed by atoms with Crippen molar-refractivity contribution in [3.05, 3.63) is 58.7 Å². The number of ether oxygens (including phenoxy) is 2. The summed E-state index contributed by atoms with van der Waals surface area (Å²) in [6, 6.07) is 11.2. The van der Waals surface area contributed by atoms with Crippen molar-refractivity contribution < 1.29 is 19.1 Å². The van der Waals surface area contributed by atoms with Gasteiger partial charge < -0.3 is 14.8 Å². The third kappa shape index (κ3) is 3.87. The van der Waals surface area contributed by atoms with Crippen molar-refractivity contribution in [1.29, 1.82) is 0 Å². The zero-order valence-corrected chi connectivity index (χ0v) is 15.1. The van der Waals surface area contributed by atoms with Crippen molar-refractivity contribution in [1.82, 2.24) is 5.32 Å². The molecule has 0 spiro atoms. The van der Waals surface area contributed by atoms with Gasteiger partial charge in [-0.3, -0.25) is 9.59 Å². The van der Waals surface area contributed by atoms with E-state index in [2.05, 4.69) is 5.32 Å². The van der Waals surface area contributed by atoms with Gasteiger partial charge in [0.25, 0.3) is 5.91 Å². The molecule has 1 aliphatic carbocycles. The molecule has 0 bridgehead atoms. The van der Waals surface area contributed by atoms with Crippen LogP contribution in [-0.2, 0) is 24.1 Å². The molecule has 2 aromatic carbocycles. The fourth-order valence-corrected chi connectivity index (χ4v) is 3.28. The lowest BCUT2D eigenvalue weighted by molar-refractivity contribution is -0.116. The van der Waals surface area contributed by atoms with Crippen LogP contribution < -0.4 is 14.8 Å². The number of methoxy groups -OCH3 is 2. The minimum Gasteiger partial charge on any atom is -0.493 e. The molecule has 1 amide bonds. The van der Waals surface area contributed by atoms with Gasteiger partial charge in [0.15, 0.2) is 11.5 Å². The number of hydrogen-bond donors (Lipinski definition) is 1. The second-order valence-electron chi connectivity index (χ2n) is 6.36. The highest BCUT2D eigenvalue weighted by atomic mass is 16.5. The number of carbonyl (C=O) groups is 2. The van der Waals surface area contributed by atoms with Gasteiger partial charge in [-0.25, -0.2) is 0 Å². The number of rotatable bonds is 7. The number of carbonyl (C=O) groups excluding carboxylic acids is 2. The largest absolute Gasteiger partial charge is 0.493 e. The van der Waals surface area contributed by atoms with E-state index in [9.17, 15) is 9.59 Å². The normalized spacial score (nSPS) is 12.4. The Hall–Kier alpha value is -2.82. The molecule has 136 valence electrons. The molecule has 0 aliphatic heterocycles. The van der Waals surface area contributed by atoms with Crippen molar-refractivity contribution in [3.8, 4) is 11.5 Å². The third-order valence-corrected chi connectivity index (χ3v) is 4.71. The summed E-state index contributed by atoms with van der Waals surface area (Å²) in [6.45, 7) is 0.380. The highest BCUT2D eigenvalue weighted by Crippen LogP contribution is 2.27. The smallest absolute Gasteiger partial charge is 0.292 e. The van der Waals surface area contributed by atoms with Crippen LogP contribution >= 0.6 is 0 Å². The van der Waals surface area contributed by atoms with Crippen LogP contribution in [0.4, 0.5) is 0 Å². The van der Waals surface area contributed by atoms with E-state index in [1.807, 2.05) is 30.3 Å². The quantitative estimate of drug-likeness (QED) is 0.614. The molecule has 0 fully saturated rings. The number of hydrogen-bond acceptors (Lipinski definition) is 4. The molecule has 0 heterocycles. The predicted octanol–water partition coefficient (Wildman–Crippen LogP) is 2.73. The van der Waals surface area contributed by atoms with Crippen LogP contribution in [0, 0.1) is 0 Å². The lowest BCUT2D eigenvalue weighted by Crippen LogP contribution is -2.32. The van der Waals surface area contributed by atoms with E-state index in [0.29, 0.717) is 30.0 Å². The van der Waals surface area contributed by atoms with E-state index in [4.69, 9.17) is 9.47 Å². The molecule has 0 atom stereocenters. The number of ketones is 1. The number of nitrogens with one attached hydrogen (secondary N) is 1. The molecule has 0 saturated heterocycles. The Morgan fingerprint density at radius 2 is 1.73 bits per heavy atom. The minimum absolute atomic E-state index is 0.380. The van der Waals surface area contributed by atoms with Crippen LogP contribution in [0.2, 0.25) is 0 Å². The van der Waals surface area contributed by atoms with E-state index < -0.39 is 11.7 Å². The molecule has 1 aliphatic rings. The number of fused-ring (bicyclic) bond motifs is 1. The maximum Gasteiger partial charge on any atom is 0.292 e. The summed E-state index contributed by atoms with van der Waals surface area (Å²) in [4.78, 5) is 24.5. The Balaban J connectivity index is 1.56. The molecule has 5 heteroatoms. The van der Waals surface area contributed by atoms with Gasteiger partial charge in [-0.2, -0.15) is 0 Å². The molecule has 0 saturated carbocycles. The van der Waals surface area contributed by atoms with Gasteiger partial charge in [-0.05, 0) is 60.6 Å². The maximum absolute atomic E-state index is 12.3. The first-order chi connectivity index (χ1) is 12.6. The number of amides is 1. The summed E-state index contributed by atoms with van der Waals surface area (Å²) in [6.07, 6.45) is 3.76. The van der Waals surface area contributed by atoms with E-state index in [1.165, 1.54) is 11.1 Å². The average Bonchev–Trinajstić information content (AvgIpc) is 3.14. The van der Waals surface area contributed by atoms with Crippen molar-refractivity contribution in [2.24, 2.45) is 0 Å². The minimum atomic E-state index is -0.566. The van der Waals surface area contributed by atoms with E-state index >= 15 is 0 Å². The summed E-state index contributed by atoms with van der Waals surface area (Å²) in [5.74, 6) is 0.257. The van der Waals surface area contributed by atoms with Gasteiger partial charge in [0.2, 0.25) is 5.78 Å². The SMILES string of the molecule is COc1ccc(CCNC(=O)C(=O)c2ccc3c(c2)CCC3)cc1OC. The zero-order chi connectivity index (χ0) is 18.5. The van der Waals surface area contributed by atoms with Gasteiger partial charge in [0.05, 0.1) is 14.2 Å². The van der Waals surface area contributed by atoms with Gasteiger partial charge >= 0.3 is 0 Å². The third-order valence-electron chi connectivity index (χ3n) is 4.71. The van der Waals surface area contributed by atoms with E-state index in [0.717, 1.165) is 24.8 Å². The molecular weight excluding hydrogens is 330 g/mol. The summed E-state index contributed by atoms with van der Waals surface area (Å²) in [5, 5.41) is 2.70. The highest BCUT2D eigenvalue weighted by molar-refractivity contribution is 6.42. The van der Waals surface area contributed by atoms with Crippen molar-refractivity contribution in [2.75, 3.05) is 20.8 Å². The topological polar surface area (TPSA) is 64.6 Å². The number of Topliss-reactive ketones (excluding diaryl/α,β-unsaturated/α-hetero) is 1. The van der Waals surface area contributed by atoms with Crippen LogP contribution in [0.5, 0.6) is 11.5 Å². The van der Waals surface area contributed by atoms with Crippen LogP contribution in [-0.4, -0.2) is 32.5 Å². The van der Waals surface area contributed by atoms with Gasteiger partial charge in [0, 0.05) is 12.1 Å². The predicted molar refractivity (Wildman–Crippen MR) is 99.1 cm³/mol. The first-order valence-electron chi connectivity index (χ1n) is 8.77. The van der Waals surface area contributed by atoms with E-state index in [-0.39, 0.29) is 0 Å². The molecule has 0 aromatic heterocycles. The summed E-state index contributed by atoms with van der Waals surface area (Å²) >= 11 is 0. The van der Waals surface area contributed by atoms with Gasteiger partial charge in [-0.1, -0.05) is 18.2 Å². The van der Waals surface area contributed by atoms with Crippen LogP contribution in [0.25, 0.3) is 0 Å². The fourth-order valence-electron chi connectivity index (χ4n) is 3.28. The first-order valence-corrected chi connectivity index (χ1v) is 8.77. The number of benzene rings is 2. The second kappa shape index (κ2) is 8.04. The van der Waals surface area contributed by atoms with Crippen LogP contribution in [0.15, 0.2) is 36.4 Å². The highest BCUT2D eigenvalue weighted by Gasteiger charge is 2.19. The molecule has 26 heavy (non-hydrogen) atoms. The Labute approximate surface area is 153 Å². The van der Waals surface area contributed by atoms with Crippen molar-refractivity contribution >= 4 is 11.7 Å². The van der Waals surface area contributed by atoms with Crippen molar-refractivity contribution in [3.63, 3.8) is 0 Å². The molecule has 5 nitrogen and oxygen atoms in total. The second-order valence-corrected chi connectivity index (χ2v) is 6.36. The Morgan fingerprint density at radius 1 is 0.962 bits per heavy atom. The molecule has 2 aromatic rings. The Morgan fingerprint density at radius 3 is 2.50 bits per heavy atom. The van der Waals surface area contributed by atoms with Crippen LogP contribution in [0.1, 0.15) is 33.5 Å². The van der Waals surface area contributed by atoms with Crippen molar-refractivity contribution in [2.45, 2.75) is 25.7 Å². The maximum atomic E-state index is 12.3. The average molecular weight is 353 g/mol. The lowest BCUT2D eigenvalue weighted by Gasteiger charge is -2.10. The van der Waals surface area contributed by atoms with Crippen LogP contribution in [0.3, 0.4) is 0 Å². The standard InChI is InChI=1S/C21H23NO4/c1-25-18-9-6-14(12-19(18)26-2)10-11-22-21(24)20(23)17-8-7-15-4-3-5-16(15)13-17/h6-9,12-13H,3-5,10-11H2,1-2H3,(H,22,24). The number of aryl methyl sites for hydroxylation is 2. The summed E-state index contributed by atoms with van der Waals surface area (Å²) in [7, 11) is 3.17. The summed E-state index contributed by atoms with van der Waals surface area (Å²) < 4.78 is 10.5. The first kappa shape index (κ1) is 18.0. The molecule has 0 unspecified atom stereocenters. The van der Waals surface area contributed by atoms with Gasteiger partial charge in [-0.15, -0.1) is 0 Å². The lowest BCUT2D eigenvalue weighted by atomic mass is 10.0. The summed E-state index contributed by atoms with van der Waals surface area (Å²) in [5.41, 5.74) is 3.94. The fraction of sp³-hybridized carbons (Fsp3) is 0.333. The zero-order valence-electron chi connectivity index (χ0n) is 15.1. The monoisotopic (exact) mass is 353 g/mol. The molecule has 1 N–H and O–H groups in total.